The molecular formula is C19H19NO6. The van der Waals surface area contributed by atoms with Gasteiger partial charge in [-0.15, -0.1) is 0 Å². The van der Waals surface area contributed by atoms with E-state index in [1.165, 1.54) is 0 Å². The van der Waals surface area contributed by atoms with E-state index in [0.717, 1.165) is 5.56 Å². The first-order valence-electron chi connectivity index (χ1n) is 8.10. The number of fused-ring (bicyclic) bond motifs is 1. The van der Waals surface area contributed by atoms with Crippen LogP contribution in [0.2, 0.25) is 0 Å². The number of carbonyl (C=O) groups excluding carboxylic acids is 2. The molecule has 7 heteroatoms. The van der Waals surface area contributed by atoms with Gasteiger partial charge < -0.3 is 24.3 Å². The van der Waals surface area contributed by atoms with Gasteiger partial charge in [0, 0.05) is 18.9 Å². The van der Waals surface area contributed by atoms with Crippen molar-refractivity contribution in [1.29, 1.82) is 0 Å². The van der Waals surface area contributed by atoms with Crippen LogP contribution < -0.4 is 14.8 Å². The Morgan fingerprint density at radius 2 is 1.77 bits per heavy atom. The second-order valence-corrected chi connectivity index (χ2v) is 5.61. The SMILES string of the molecule is COCc1ccc(C(=O)OCC(=O)Nc2ccc3c(c2)OCCO3)cc1. The zero-order valence-corrected chi connectivity index (χ0v) is 14.3. The normalized spacial score (nSPS) is 12.3. The molecule has 2 aromatic carbocycles. The number of methoxy groups -OCH3 is 1. The monoisotopic (exact) mass is 357 g/mol. The van der Waals surface area contributed by atoms with Crippen molar-refractivity contribution >= 4 is 17.6 Å². The first-order valence-corrected chi connectivity index (χ1v) is 8.10. The quantitative estimate of drug-likeness (QED) is 0.800. The smallest absolute Gasteiger partial charge is 0.338 e. The van der Waals surface area contributed by atoms with Crippen LogP contribution in [0.15, 0.2) is 42.5 Å². The molecule has 7 nitrogen and oxygen atoms in total. The zero-order chi connectivity index (χ0) is 18.4. The Bertz CT molecular complexity index is 787. The fraction of sp³-hybridized carbons (Fsp3) is 0.263. The molecule has 0 aliphatic carbocycles. The van der Waals surface area contributed by atoms with E-state index in [9.17, 15) is 9.59 Å². The van der Waals surface area contributed by atoms with Crippen LogP contribution in [0, 0.1) is 0 Å². The van der Waals surface area contributed by atoms with E-state index in [-0.39, 0.29) is 6.61 Å². The Hall–Kier alpha value is -3.06. The number of esters is 1. The van der Waals surface area contributed by atoms with E-state index in [2.05, 4.69) is 5.32 Å². The Labute approximate surface area is 150 Å². The Kier molecular flexibility index (Phi) is 5.70. The summed E-state index contributed by atoms with van der Waals surface area (Å²) in [4.78, 5) is 24.0. The first kappa shape index (κ1) is 17.8. The summed E-state index contributed by atoms with van der Waals surface area (Å²) in [5, 5.41) is 2.66. The van der Waals surface area contributed by atoms with E-state index in [0.29, 0.717) is 42.6 Å². The molecule has 0 fully saturated rings. The third-order valence-corrected chi connectivity index (χ3v) is 3.66. The summed E-state index contributed by atoms with van der Waals surface area (Å²) in [5.74, 6) is 0.206. The van der Waals surface area contributed by atoms with Crippen molar-refractivity contribution in [2.24, 2.45) is 0 Å². The third kappa shape index (κ3) is 4.52. The largest absolute Gasteiger partial charge is 0.486 e. The molecule has 0 radical (unpaired) electrons. The van der Waals surface area contributed by atoms with Gasteiger partial charge in [-0.3, -0.25) is 4.79 Å². The van der Waals surface area contributed by atoms with Crippen molar-refractivity contribution in [3.8, 4) is 11.5 Å². The van der Waals surface area contributed by atoms with Gasteiger partial charge in [-0.1, -0.05) is 12.1 Å². The molecule has 0 unspecified atom stereocenters. The van der Waals surface area contributed by atoms with Gasteiger partial charge in [0.25, 0.3) is 5.91 Å². The van der Waals surface area contributed by atoms with Crippen molar-refractivity contribution in [2.45, 2.75) is 6.61 Å². The van der Waals surface area contributed by atoms with Crippen molar-refractivity contribution in [3.63, 3.8) is 0 Å². The molecule has 1 N–H and O–H groups in total. The number of benzene rings is 2. The molecular weight excluding hydrogens is 338 g/mol. The average molecular weight is 357 g/mol. The van der Waals surface area contributed by atoms with Crippen LogP contribution in [0.4, 0.5) is 5.69 Å². The highest BCUT2D eigenvalue weighted by molar-refractivity contribution is 5.95. The molecule has 0 bridgehead atoms. The zero-order valence-electron chi connectivity index (χ0n) is 14.3. The van der Waals surface area contributed by atoms with Crippen molar-refractivity contribution in [1.82, 2.24) is 0 Å². The van der Waals surface area contributed by atoms with Crippen LogP contribution in [0.1, 0.15) is 15.9 Å². The number of hydrogen-bond donors (Lipinski definition) is 1. The molecule has 0 spiro atoms. The van der Waals surface area contributed by atoms with Crippen LogP contribution in [-0.4, -0.2) is 38.8 Å². The molecule has 136 valence electrons. The van der Waals surface area contributed by atoms with Crippen LogP contribution in [0.25, 0.3) is 0 Å². The number of nitrogens with one attached hydrogen (secondary N) is 1. The molecule has 0 saturated heterocycles. The molecule has 1 aliphatic rings. The van der Waals surface area contributed by atoms with Gasteiger partial charge in [0.2, 0.25) is 0 Å². The minimum Gasteiger partial charge on any atom is -0.486 e. The second kappa shape index (κ2) is 8.35. The molecule has 1 aliphatic heterocycles. The molecule has 1 amide bonds. The van der Waals surface area contributed by atoms with Gasteiger partial charge >= 0.3 is 5.97 Å². The minimum absolute atomic E-state index is 0.372. The van der Waals surface area contributed by atoms with Gasteiger partial charge in [0.1, 0.15) is 13.2 Å². The van der Waals surface area contributed by atoms with Gasteiger partial charge in [0.15, 0.2) is 18.1 Å². The Balaban J connectivity index is 1.51. The highest BCUT2D eigenvalue weighted by atomic mass is 16.6. The van der Waals surface area contributed by atoms with Crippen LogP contribution in [0.5, 0.6) is 11.5 Å². The highest BCUT2D eigenvalue weighted by Gasteiger charge is 2.14. The second-order valence-electron chi connectivity index (χ2n) is 5.61. The fourth-order valence-electron chi connectivity index (χ4n) is 2.44. The number of carbonyl (C=O) groups is 2. The van der Waals surface area contributed by atoms with Gasteiger partial charge in [-0.25, -0.2) is 4.79 Å². The summed E-state index contributed by atoms with van der Waals surface area (Å²) in [6.07, 6.45) is 0. The van der Waals surface area contributed by atoms with E-state index in [4.69, 9.17) is 18.9 Å². The average Bonchev–Trinajstić information content (AvgIpc) is 2.67. The maximum atomic E-state index is 12.0. The van der Waals surface area contributed by atoms with Crippen LogP contribution in [0.3, 0.4) is 0 Å². The maximum Gasteiger partial charge on any atom is 0.338 e. The van der Waals surface area contributed by atoms with Crippen LogP contribution in [-0.2, 0) is 20.9 Å². The standard InChI is InChI=1S/C19H19NO6/c1-23-11-13-2-4-14(5-3-13)19(22)26-12-18(21)20-15-6-7-16-17(10-15)25-9-8-24-16/h2-7,10H,8-9,11-12H2,1H3,(H,20,21). The molecule has 2 aromatic rings. The summed E-state index contributed by atoms with van der Waals surface area (Å²) >= 11 is 0. The minimum atomic E-state index is -0.564. The summed E-state index contributed by atoms with van der Waals surface area (Å²) < 4.78 is 20.9. The van der Waals surface area contributed by atoms with Crippen LogP contribution >= 0.6 is 0 Å². The highest BCUT2D eigenvalue weighted by Crippen LogP contribution is 2.32. The van der Waals surface area contributed by atoms with E-state index in [1.54, 1.807) is 49.6 Å². The van der Waals surface area contributed by atoms with Crippen molar-refractivity contribution in [2.75, 3.05) is 32.2 Å². The Morgan fingerprint density at radius 3 is 2.50 bits per heavy atom. The predicted octanol–water partition coefficient (Wildman–Crippen LogP) is 2.40. The Morgan fingerprint density at radius 1 is 1.04 bits per heavy atom. The van der Waals surface area contributed by atoms with E-state index in [1.807, 2.05) is 0 Å². The summed E-state index contributed by atoms with van der Waals surface area (Å²) in [7, 11) is 1.60. The molecule has 3 rings (SSSR count). The fourth-order valence-corrected chi connectivity index (χ4v) is 2.44. The summed E-state index contributed by atoms with van der Waals surface area (Å²) in [6, 6.07) is 11.9. The number of amides is 1. The predicted molar refractivity (Wildman–Crippen MR) is 93.5 cm³/mol. The topological polar surface area (TPSA) is 83.1 Å². The molecule has 0 saturated carbocycles. The molecule has 0 atom stereocenters. The molecule has 0 aromatic heterocycles. The van der Waals surface area contributed by atoms with Gasteiger partial charge in [-0.2, -0.15) is 0 Å². The van der Waals surface area contributed by atoms with Crippen molar-refractivity contribution < 1.29 is 28.5 Å². The lowest BCUT2D eigenvalue weighted by atomic mass is 10.1. The van der Waals surface area contributed by atoms with E-state index >= 15 is 0 Å². The van der Waals surface area contributed by atoms with Crippen molar-refractivity contribution in [3.05, 3.63) is 53.6 Å². The lowest BCUT2D eigenvalue weighted by Crippen LogP contribution is -2.21. The number of hydrogen-bond acceptors (Lipinski definition) is 6. The first-order chi connectivity index (χ1) is 12.7. The summed E-state index contributed by atoms with van der Waals surface area (Å²) in [5.41, 5.74) is 1.86. The van der Waals surface area contributed by atoms with E-state index < -0.39 is 11.9 Å². The third-order valence-electron chi connectivity index (χ3n) is 3.66. The molecule has 26 heavy (non-hydrogen) atoms. The maximum absolute atomic E-state index is 12.0. The number of anilines is 1. The van der Waals surface area contributed by atoms with Gasteiger partial charge in [-0.05, 0) is 29.8 Å². The van der Waals surface area contributed by atoms with Gasteiger partial charge in [0.05, 0.1) is 12.2 Å². The number of ether oxygens (including phenoxy) is 4. The molecule has 1 heterocycles. The summed E-state index contributed by atoms with van der Waals surface area (Å²) in [6.45, 7) is 1.05. The number of rotatable bonds is 6. The lowest BCUT2D eigenvalue weighted by Gasteiger charge is -2.19. The lowest BCUT2D eigenvalue weighted by molar-refractivity contribution is -0.119.